The van der Waals surface area contributed by atoms with Gasteiger partial charge in [0, 0.05) is 32.5 Å². The van der Waals surface area contributed by atoms with E-state index >= 15 is 0 Å². The van der Waals surface area contributed by atoms with E-state index in [0.717, 1.165) is 0 Å². The van der Waals surface area contributed by atoms with E-state index in [4.69, 9.17) is 10.5 Å². The molecule has 5 nitrogen and oxygen atoms in total. The number of pyridine rings is 1. The third-order valence-corrected chi connectivity index (χ3v) is 2.66. The van der Waals surface area contributed by atoms with Gasteiger partial charge in [0.25, 0.3) is 5.91 Å². The van der Waals surface area contributed by atoms with Gasteiger partial charge >= 0.3 is 0 Å². The molecule has 1 amide bonds. The fourth-order valence-electron chi connectivity index (χ4n) is 1.48. The Morgan fingerprint density at radius 2 is 2.35 bits per heavy atom. The number of nitrogens with two attached hydrogens (primary N) is 1. The molecule has 0 spiro atoms. The molecule has 1 unspecified atom stereocenters. The molecule has 0 aromatic carbocycles. The van der Waals surface area contributed by atoms with Crippen LogP contribution in [0, 0.1) is 0 Å². The number of carbonyl (C=O) groups excluding carboxylic acids is 1. The van der Waals surface area contributed by atoms with Crippen molar-refractivity contribution in [2.45, 2.75) is 19.5 Å². The van der Waals surface area contributed by atoms with E-state index in [1.165, 1.54) is 0 Å². The molecule has 2 N–H and O–H groups in total. The molecule has 1 rings (SSSR count). The first-order chi connectivity index (χ1) is 8.10. The summed E-state index contributed by atoms with van der Waals surface area (Å²) in [5, 5.41) is 0. The summed E-state index contributed by atoms with van der Waals surface area (Å²) in [4.78, 5) is 17.8. The van der Waals surface area contributed by atoms with Crippen LogP contribution in [0.25, 0.3) is 0 Å². The van der Waals surface area contributed by atoms with Gasteiger partial charge < -0.3 is 15.4 Å². The molecule has 0 saturated carbocycles. The first kappa shape index (κ1) is 13.6. The lowest BCUT2D eigenvalue weighted by Crippen LogP contribution is -2.37. The topological polar surface area (TPSA) is 68.5 Å². The molecule has 1 atom stereocenters. The molecule has 94 valence electrons. The van der Waals surface area contributed by atoms with Gasteiger partial charge in [0.2, 0.25) is 0 Å². The molecule has 1 aromatic heterocycles. The molecule has 0 radical (unpaired) electrons. The Morgan fingerprint density at radius 1 is 1.65 bits per heavy atom. The lowest BCUT2D eigenvalue weighted by Gasteiger charge is -2.24. The van der Waals surface area contributed by atoms with Gasteiger partial charge in [-0.25, -0.2) is 0 Å². The van der Waals surface area contributed by atoms with Crippen molar-refractivity contribution in [1.29, 1.82) is 0 Å². The van der Waals surface area contributed by atoms with Crippen LogP contribution in [-0.2, 0) is 11.3 Å². The maximum atomic E-state index is 12.1. The number of aromatic nitrogens is 1. The van der Waals surface area contributed by atoms with Crippen LogP contribution in [0.4, 0.5) is 0 Å². The number of amides is 1. The fourth-order valence-corrected chi connectivity index (χ4v) is 1.48. The Morgan fingerprint density at radius 3 is 2.94 bits per heavy atom. The van der Waals surface area contributed by atoms with Crippen LogP contribution < -0.4 is 5.73 Å². The van der Waals surface area contributed by atoms with Crippen molar-refractivity contribution in [3.63, 3.8) is 0 Å². The molecular formula is C12H19N3O2. The van der Waals surface area contributed by atoms with E-state index in [-0.39, 0.29) is 11.9 Å². The molecular weight excluding hydrogens is 218 g/mol. The summed E-state index contributed by atoms with van der Waals surface area (Å²) < 4.78 is 5.03. The molecule has 1 aromatic rings. The highest BCUT2D eigenvalue weighted by Crippen LogP contribution is 2.07. The Kier molecular flexibility index (Phi) is 5.06. The molecule has 0 aliphatic carbocycles. The Balaban J connectivity index is 2.80. The predicted molar refractivity (Wildman–Crippen MR) is 65.6 cm³/mol. The predicted octanol–water partition coefficient (Wildman–Crippen LogP) is 0.647. The van der Waals surface area contributed by atoms with Crippen LogP contribution in [0.2, 0.25) is 0 Å². The Bertz CT molecular complexity index is 382. The fraction of sp³-hybridized carbons (Fsp3) is 0.500. The number of hydrogen-bond acceptors (Lipinski definition) is 4. The molecule has 0 saturated heterocycles. The number of ether oxygens (including phenoxy) is 1. The van der Waals surface area contributed by atoms with Gasteiger partial charge in [0.1, 0.15) is 0 Å². The summed E-state index contributed by atoms with van der Waals surface area (Å²) in [6, 6.07) is 3.44. The summed E-state index contributed by atoms with van der Waals surface area (Å²) in [6.45, 7) is 2.78. The van der Waals surface area contributed by atoms with Gasteiger partial charge in [-0.05, 0) is 19.1 Å². The molecule has 0 aliphatic heterocycles. The van der Waals surface area contributed by atoms with E-state index in [1.807, 2.05) is 6.92 Å². The number of methoxy groups -OCH3 is 1. The second-order valence-corrected chi connectivity index (χ2v) is 3.96. The van der Waals surface area contributed by atoms with Crippen molar-refractivity contribution in [1.82, 2.24) is 9.88 Å². The van der Waals surface area contributed by atoms with Crippen molar-refractivity contribution in [2.75, 3.05) is 20.8 Å². The minimum atomic E-state index is -0.0494. The third-order valence-electron chi connectivity index (χ3n) is 2.66. The van der Waals surface area contributed by atoms with E-state index < -0.39 is 0 Å². The summed E-state index contributed by atoms with van der Waals surface area (Å²) >= 11 is 0. The van der Waals surface area contributed by atoms with E-state index in [0.29, 0.717) is 24.4 Å². The lowest BCUT2D eigenvalue weighted by atomic mass is 10.2. The minimum absolute atomic E-state index is 0.0296. The molecule has 1 heterocycles. The van der Waals surface area contributed by atoms with Crippen LogP contribution in [0.15, 0.2) is 18.3 Å². The lowest BCUT2D eigenvalue weighted by molar-refractivity contribution is 0.0633. The summed E-state index contributed by atoms with van der Waals surface area (Å²) in [5.74, 6) is -0.0494. The van der Waals surface area contributed by atoms with Crippen molar-refractivity contribution in [2.24, 2.45) is 5.73 Å². The van der Waals surface area contributed by atoms with Crippen LogP contribution in [0.3, 0.4) is 0 Å². The van der Waals surface area contributed by atoms with Gasteiger partial charge in [0.05, 0.1) is 18.3 Å². The SMILES string of the molecule is COCC(C)N(C)C(=O)c1ccnc(CN)c1. The zero-order valence-corrected chi connectivity index (χ0v) is 10.5. The molecule has 17 heavy (non-hydrogen) atoms. The van der Waals surface area contributed by atoms with Crippen molar-refractivity contribution in [3.05, 3.63) is 29.6 Å². The molecule has 0 aliphatic rings. The summed E-state index contributed by atoms with van der Waals surface area (Å²) in [7, 11) is 3.38. The van der Waals surface area contributed by atoms with Crippen LogP contribution in [0.1, 0.15) is 23.0 Å². The summed E-state index contributed by atoms with van der Waals surface area (Å²) in [6.07, 6.45) is 1.60. The van der Waals surface area contributed by atoms with Gasteiger partial charge in [-0.1, -0.05) is 0 Å². The molecule has 0 fully saturated rings. The molecule has 0 bridgehead atoms. The number of nitrogens with zero attached hydrogens (tertiary/aromatic N) is 2. The normalized spacial score (nSPS) is 12.2. The summed E-state index contributed by atoms with van der Waals surface area (Å²) in [5.41, 5.74) is 6.81. The van der Waals surface area contributed by atoms with E-state index in [2.05, 4.69) is 4.98 Å². The highest BCUT2D eigenvalue weighted by Gasteiger charge is 2.17. The average molecular weight is 237 g/mol. The van der Waals surface area contributed by atoms with Gasteiger partial charge in [-0.2, -0.15) is 0 Å². The maximum absolute atomic E-state index is 12.1. The van der Waals surface area contributed by atoms with Gasteiger partial charge in [-0.3, -0.25) is 9.78 Å². The molecule has 5 heteroatoms. The Hall–Kier alpha value is -1.46. The quantitative estimate of drug-likeness (QED) is 0.816. The first-order valence-electron chi connectivity index (χ1n) is 5.51. The number of likely N-dealkylation sites (N-methyl/N-ethyl adjacent to an activating group) is 1. The Labute approximate surface area is 102 Å². The van der Waals surface area contributed by atoms with Gasteiger partial charge in [-0.15, -0.1) is 0 Å². The third kappa shape index (κ3) is 3.51. The number of hydrogen-bond donors (Lipinski definition) is 1. The minimum Gasteiger partial charge on any atom is -0.383 e. The number of carbonyl (C=O) groups is 1. The van der Waals surface area contributed by atoms with Gasteiger partial charge in [0.15, 0.2) is 0 Å². The van der Waals surface area contributed by atoms with E-state index in [1.54, 1.807) is 37.4 Å². The van der Waals surface area contributed by atoms with E-state index in [9.17, 15) is 4.79 Å². The zero-order chi connectivity index (χ0) is 12.8. The number of rotatable bonds is 5. The largest absolute Gasteiger partial charge is 0.383 e. The van der Waals surface area contributed by atoms with Crippen LogP contribution in [0.5, 0.6) is 0 Å². The van der Waals surface area contributed by atoms with Crippen molar-refractivity contribution < 1.29 is 9.53 Å². The maximum Gasteiger partial charge on any atom is 0.254 e. The zero-order valence-electron chi connectivity index (χ0n) is 10.5. The second-order valence-electron chi connectivity index (χ2n) is 3.96. The average Bonchev–Trinajstić information content (AvgIpc) is 2.37. The monoisotopic (exact) mass is 237 g/mol. The highest BCUT2D eigenvalue weighted by atomic mass is 16.5. The second kappa shape index (κ2) is 6.32. The van der Waals surface area contributed by atoms with Crippen LogP contribution >= 0.6 is 0 Å². The first-order valence-corrected chi connectivity index (χ1v) is 5.51. The standard InChI is InChI=1S/C12H19N3O2/c1-9(8-17-3)15(2)12(16)10-4-5-14-11(6-10)7-13/h4-6,9H,7-8,13H2,1-3H3. The highest BCUT2D eigenvalue weighted by molar-refractivity contribution is 5.94. The van der Waals surface area contributed by atoms with Crippen molar-refractivity contribution >= 4 is 5.91 Å². The van der Waals surface area contributed by atoms with Crippen LogP contribution in [-0.4, -0.2) is 42.6 Å². The van der Waals surface area contributed by atoms with Crippen molar-refractivity contribution in [3.8, 4) is 0 Å². The smallest absolute Gasteiger partial charge is 0.254 e.